The summed E-state index contributed by atoms with van der Waals surface area (Å²) in [5.41, 5.74) is 1.11. The molecule has 0 saturated carbocycles. The Morgan fingerprint density at radius 3 is 2.67 bits per heavy atom. The fourth-order valence-electron chi connectivity index (χ4n) is 2.84. The molecule has 0 atom stereocenters. The van der Waals surface area contributed by atoms with Crippen molar-refractivity contribution in [2.24, 2.45) is 0 Å². The van der Waals surface area contributed by atoms with Gasteiger partial charge in [0.25, 0.3) is 5.91 Å². The summed E-state index contributed by atoms with van der Waals surface area (Å²) >= 11 is 0. The van der Waals surface area contributed by atoms with Crippen molar-refractivity contribution in [3.8, 4) is 0 Å². The molecule has 2 N–H and O–H groups in total. The van der Waals surface area contributed by atoms with Crippen LogP contribution in [0.4, 0.5) is 5.69 Å². The second-order valence-electron chi connectivity index (χ2n) is 6.16. The number of ketones is 1. The van der Waals surface area contributed by atoms with Crippen molar-refractivity contribution in [2.75, 3.05) is 38.2 Å². The summed E-state index contributed by atoms with van der Waals surface area (Å²) in [5.74, 6) is -1.65. The van der Waals surface area contributed by atoms with E-state index < -0.39 is 17.7 Å². The lowest BCUT2D eigenvalue weighted by Gasteiger charge is -2.28. The third-order valence-electron chi connectivity index (χ3n) is 4.06. The Kier molecular flexibility index (Phi) is 7.48. The number of carbonyl (C=O) groups excluding carboxylic acids is 4. The molecule has 1 aromatic carbocycles. The minimum atomic E-state index is -0.597. The van der Waals surface area contributed by atoms with E-state index in [9.17, 15) is 19.2 Å². The number of rotatable bonds is 9. The topological polar surface area (TPSA) is 105 Å². The second kappa shape index (κ2) is 9.82. The number of carbonyl (C=O) groups is 4. The van der Waals surface area contributed by atoms with Crippen LogP contribution in [0.25, 0.3) is 0 Å². The molecule has 1 heterocycles. The summed E-state index contributed by atoms with van der Waals surface area (Å²) in [7, 11) is 0. The molecule has 3 amide bonds. The molecule has 1 aliphatic heterocycles. The number of hydrogen-bond donors (Lipinski definition) is 2. The number of imide groups is 1. The Morgan fingerprint density at radius 2 is 1.96 bits per heavy atom. The molecular formula is C19H25N3O5. The second-order valence-corrected chi connectivity index (χ2v) is 6.16. The van der Waals surface area contributed by atoms with Crippen molar-refractivity contribution in [1.29, 1.82) is 0 Å². The quantitative estimate of drug-likeness (QED) is 0.629. The summed E-state index contributed by atoms with van der Waals surface area (Å²) in [6.07, 6.45) is 0.847. The molecule has 0 bridgehead atoms. The standard InChI is InChI=1S/C19H25N3O5/c1-3-6-16(24)21-17(25)12-22-11-15(23)13-7-5-8-14(18(13)19(22)26)20-9-10-27-4-2/h5,7-8,20H,3-4,6,9-12H2,1-2H3,(H,21,24,25). The van der Waals surface area contributed by atoms with Gasteiger partial charge in [-0.1, -0.05) is 19.1 Å². The van der Waals surface area contributed by atoms with Gasteiger partial charge in [0, 0.05) is 30.8 Å². The summed E-state index contributed by atoms with van der Waals surface area (Å²) in [6.45, 7) is 4.72. The summed E-state index contributed by atoms with van der Waals surface area (Å²) < 4.78 is 5.27. The first-order valence-electron chi connectivity index (χ1n) is 9.07. The van der Waals surface area contributed by atoms with Gasteiger partial charge in [-0.15, -0.1) is 0 Å². The fraction of sp³-hybridized carbons (Fsp3) is 0.474. The highest BCUT2D eigenvalue weighted by atomic mass is 16.5. The third kappa shape index (κ3) is 5.37. The van der Waals surface area contributed by atoms with Gasteiger partial charge in [0.2, 0.25) is 11.8 Å². The molecule has 146 valence electrons. The Balaban J connectivity index is 2.12. The monoisotopic (exact) mass is 375 g/mol. The Bertz CT molecular complexity index is 732. The molecule has 0 saturated heterocycles. The maximum atomic E-state index is 12.9. The molecule has 0 fully saturated rings. The minimum Gasteiger partial charge on any atom is -0.382 e. The Hall–Kier alpha value is -2.74. The summed E-state index contributed by atoms with van der Waals surface area (Å²) in [4.78, 5) is 50.0. The van der Waals surface area contributed by atoms with E-state index in [2.05, 4.69) is 10.6 Å². The van der Waals surface area contributed by atoms with Gasteiger partial charge in [-0.05, 0) is 19.4 Å². The lowest BCUT2D eigenvalue weighted by Crippen LogP contribution is -2.47. The van der Waals surface area contributed by atoms with Crippen LogP contribution in [0, 0.1) is 0 Å². The lowest BCUT2D eigenvalue weighted by molar-refractivity contribution is -0.130. The van der Waals surface area contributed by atoms with Gasteiger partial charge in [0.1, 0.15) is 6.54 Å². The van der Waals surface area contributed by atoms with Crippen molar-refractivity contribution < 1.29 is 23.9 Å². The lowest BCUT2D eigenvalue weighted by atomic mass is 9.96. The average molecular weight is 375 g/mol. The van der Waals surface area contributed by atoms with Crippen LogP contribution in [-0.4, -0.2) is 61.3 Å². The predicted molar refractivity (Wildman–Crippen MR) is 99.7 cm³/mol. The number of fused-ring (bicyclic) bond motifs is 1. The highest BCUT2D eigenvalue weighted by molar-refractivity contribution is 6.17. The average Bonchev–Trinajstić information content (AvgIpc) is 2.63. The van der Waals surface area contributed by atoms with Crippen LogP contribution in [-0.2, 0) is 14.3 Å². The molecule has 0 spiro atoms. The molecular weight excluding hydrogens is 350 g/mol. The molecule has 0 aliphatic carbocycles. The van der Waals surface area contributed by atoms with Crippen LogP contribution < -0.4 is 10.6 Å². The maximum absolute atomic E-state index is 12.9. The van der Waals surface area contributed by atoms with Gasteiger partial charge in [0.15, 0.2) is 5.78 Å². The van der Waals surface area contributed by atoms with Crippen molar-refractivity contribution in [2.45, 2.75) is 26.7 Å². The highest BCUT2D eigenvalue weighted by Gasteiger charge is 2.33. The van der Waals surface area contributed by atoms with E-state index in [0.29, 0.717) is 37.4 Å². The zero-order valence-electron chi connectivity index (χ0n) is 15.7. The van der Waals surface area contributed by atoms with Gasteiger partial charge in [-0.2, -0.15) is 0 Å². The number of ether oxygens (including phenoxy) is 1. The van der Waals surface area contributed by atoms with Crippen LogP contribution in [0.2, 0.25) is 0 Å². The van der Waals surface area contributed by atoms with Crippen LogP contribution >= 0.6 is 0 Å². The SMILES string of the molecule is CCCC(=O)NC(=O)CN1CC(=O)c2cccc(NCCOCC)c2C1=O. The highest BCUT2D eigenvalue weighted by Crippen LogP contribution is 2.26. The first-order chi connectivity index (χ1) is 13.0. The first kappa shape index (κ1) is 20.6. The van der Waals surface area contributed by atoms with E-state index in [1.54, 1.807) is 18.2 Å². The van der Waals surface area contributed by atoms with Gasteiger partial charge >= 0.3 is 0 Å². The van der Waals surface area contributed by atoms with Crippen molar-refractivity contribution >= 4 is 29.2 Å². The fourth-order valence-corrected chi connectivity index (χ4v) is 2.84. The smallest absolute Gasteiger partial charge is 0.257 e. The number of nitrogens with zero attached hydrogens (tertiary/aromatic N) is 1. The summed E-state index contributed by atoms with van der Waals surface area (Å²) in [6, 6.07) is 5.02. The number of amides is 3. The van der Waals surface area contributed by atoms with Crippen molar-refractivity contribution in [3.05, 3.63) is 29.3 Å². The largest absolute Gasteiger partial charge is 0.382 e. The van der Waals surface area contributed by atoms with Gasteiger partial charge in [-0.3, -0.25) is 24.5 Å². The van der Waals surface area contributed by atoms with Crippen LogP contribution in [0.5, 0.6) is 0 Å². The van der Waals surface area contributed by atoms with Gasteiger partial charge < -0.3 is 15.0 Å². The molecule has 2 rings (SSSR count). The molecule has 8 heteroatoms. The molecule has 0 unspecified atom stereocenters. The molecule has 0 radical (unpaired) electrons. The molecule has 1 aromatic rings. The van der Waals surface area contributed by atoms with E-state index in [0.717, 1.165) is 4.90 Å². The predicted octanol–water partition coefficient (Wildman–Crippen LogP) is 1.22. The zero-order valence-corrected chi connectivity index (χ0v) is 15.7. The van der Waals surface area contributed by atoms with E-state index in [1.165, 1.54) is 0 Å². The van der Waals surface area contributed by atoms with Crippen molar-refractivity contribution in [1.82, 2.24) is 10.2 Å². The van der Waals surface area contributed by atoms with Crippen LogP contribution in [0.1, 0.15) is 47.4 Å². The van der Waals surface area contributed by atoms with Crippen LogP contribution in [0.3, 0.4) is 0 Å². The number of hydrogen-bond acceptors (Lipinski definition) is 6. The number of nitrogens with one attached hydrogen (secondary N) is 2. The maximum Gasteiger partial charge on any atom is 0.257 e. The molecule has 8 nitrogen and oxygen atoms in total. The number of benzene rings is 1. The Labute approximate surface area is 158 Å². The third-order valence-corrected chi connectivity index (χ3v) is 4.06. The van der Waals surface area contributed by atoms with E-state index in [1.807, 2.05) is 13.8 Å². The van der Waals surface area contributed by atoms with Gasteiger partial charge in [0.05, 0.1) is 18.7 Å². The van der Waals surface area contributed by atoms with Crippen LogP contribution in [0.15, 0.2) is 18.2 Å². The normalized spacial score (nSPS) is 13.3. The number of Topliss-reactive ketones (excluding diaryl/α,β-unsaturated/α-hetero) is 1. The minimum absolute atomic E-state index is 0.191. The Morgan fingerprint density at radius 1 is 1.19 bits per heavy atom. The molecule has 27 heavy (non-hydrogen) atoms. The van der Waals surface area contributed by atoms with Crippen molar-refractivity contribution in [3.63, 3.8) is 0 Å². The van der Waals surface area contributed by atoms with Gasteiger partial charge in [-0.25, -0.2) is 0 Å². The van der Waals surface area contributed by atoms with E-state index in [4.69, 9.17) is 4.74 Å². The van der Waals surface area contributed by atoms with E-state index in [-0.39, 0.29) is 30.9 Å². The zero-order chi connectivity index (χ0) is 19.8. The number of anilines is 1. The summed E-state index contributed by atoms with van der Waals surface area (Å²) in [5, 5.41) is 5.34. The molecule has 0 aromatic heterocycles. The first-order valence-corrected chi connectivity index (χ1v) is 9.07. The van der Waals surface area contributed by atoms with E-state index >= 15 is 0 Å². The molecule has 1 aliphatic rings.